The van der Waals surface area contributed by atoms with Crippen LogP contribution in [0, 0.1) is 0 Å². The van der Waals surface area contributed by atoms with Gasteiger partial charge in [0.1, 0.15) is 0 Å². The fraction of sp³-hybridized carbons (Fsp3) is 0.625. The first-order valence-electron chi connectivity index (χ1n) is 7.49. The largest absolute Gasteiger partial charge is 0.374 e. The molecule has 0 bridgehead atoms. The molecule has 0 radical (unpaired) electrons. The van der Waals surface area contributed by atoms with Crippen LogP contribution in [0.1, 0.15) is 12.5 Å². The maximum atomic E-state index is 6.08. The Hall–Kier alpha value is -0.610. The van der Waals surface area contributed by atoms with Crippen molar-refractivity contribution in [2.24, 2.45) is 0 Å². The van der Waals surface area contributed by atoms with Gasteiger partial charge < -0.3 is 10.1 Å². The van der Waals surface area contributed by atoms with Crippen LogP contribution >= 0.6 is 11.6 Å². The molecule has 1 fully saturated rings. The molecule has 1 aliphatic heterocycles. The first-order valence-corrected chi connectivity index (χ1v) is 8.02. The summed E-state index contributed by atoms with van der Waals surface area (Å²) in [6.07, 6.45) is 1.25. The number of ether oxygens (including phenoxy) is 1. The van der Waals surface area contributed by atoms with Gasteiger partial charge in [-0.3, -0.25) is 4.90 Å². The lowest BCUT2D eigenvalue weighted by molar-refractivity contribution is -0.0261. The highest BCUT2D eigenvalue weighted by molar-refractivity contribution is 6.18. The van der Waals surface area contributed by atoms with Gasteiger partial charge in [0.25, 0.3) is 0 Å². The fourth-order valence-corrected chi connectivity index (χ4v) is 2.79. The van der Waals surface area contributed by atoms with Crippen molar-refractivity contribution >= 4 is 11.6 Å². The number of morpholine rings is 1. The molecule has 2 atom stereocenters. The van der Waals surface area contributed by atoms with E-state index in [1.807, 2.05) is 6.07 Å². The van der Waals surface area contributed by atoms with Crippen molar-refractivity contribution < 1.29 is 4.74 Å². The Kier molecular flexibility index (Phi) is 6.80. The number of nitrogens with zero attached hydrogens (tertiary/aromatic N) is 1. The van der Waals surface area contributed by atoms with Crippen LogP contribution in [-0.2, 0) is 11.2 Å². The van der Waals surface area contributed by atoms with Gasteiger partial charge in [-0.2, -0.15) is 0 Å². The second-order valence-electron chi connectivity index (χ2n) is 5.34. The van der Waals surface area contributed by atoms with Crippen molar-refractivity contribution in [3.63, 3.8) is 0 Å². The van der Waals surface area contributed by atoms with E-state index in [4.69, 9.17) is 16.3 Å². The second-order valence-corrected chi connectivity index (χ2v) is 5.64. The van der Waals surface area contributed by atoms with Gasteiger partial charge in [-0.05, 0) is 18.5 Å². The van der Waals surface area contributed by atoms with E-state index in [1.165, 1.54) is 5.56 Å². The number of nitrogens with one attached hydrogen (secondary N) is 1. The van der Waals surface area contributed by atoms with E-state index in [-0.39, 0.29) is 6.10 Å². The molecule has 1 aromatic carbocycles. The first kappa shape index (κ1) is 15.8. The average Bonchev–Trinajstić information content (AvgIpc) is 2.52. The van der Waals surface area contributed by atoms with Gasteiger partial charge in [-0.25, -0.2) is 0 Å². The molecule has 1 saturated heterocycles. The van der Waals surface area contributed by atoms with Gasteiger partial charge in [0, 0.05) is 31.6 Å². The number of rotatable bonds is 7. The van der Waals surface area contributed by atoms with Crippen LogP contribution in [0.3, 0.4) is 0 Å². The summed E-state index contributed by atoms with van der Waals surface area (Å²) in [5.74, 6) is 0.624. The van der Waals surface area contributed by atoms with Crippen LogP contribution in [-0.4, -0.2) is 55.7 Å². The van der Waals surface area contributed by atoms with E-state index < -0.39 is 0 Å². The van der Waals surface area contributed by atoms with Crippen LogP contribution < -0.4 is 5.32 Å². The number of benzene rings is 1. The summed E-state index contributed by atoms with van der Waals surface area (Å²) in [6.45, 7) is 7.08. The number of likely N-dealkylation sites (N-methyl/N-ethyl adjacent to an activating group) is 1. The van der Waals surface area contributed by atoms with E-state index in [0.29, 0.717) is 11.9 Å². The molecule has 0 spiro atoms. The molecule has 3 nitrogen and oxygen atoms in total. The van der Waals surface area contributed by atoms with Gasteiger partial charge >= 0.3 is 0 Å². The Morgan fingerprint density at radius 1 is 1.40 bits per heavy atom. The molecule has 0 aliphatic carbocycles. The zero-order chi connectivity index (χ0) is 14.2. The van der Waals surface area contributed by atoms with Crippen molar-refractivity contribution in [2.45, 2.75) is 25.5 Å². The molecule has 1 heterocycles. The third-order valence-electron chi connectivity index (χ3n) is 3.82. The topological polar surface area (TPSA) is 24.5 Å². The third kappa shape index (κ3) is 5.06. The Morgan fingerprint density at radius 2 is 2.20 bits per heavy atom. The molecule has 1 aromatic rings. The summed E-state index contributed by atoms with van der Waals surface area (Å²) < 4.78 is 5.81. The van der Waals surface area contributed by atoms with Crippen molar-refractivity contribution in [1.29, 1.82) is 0 Å². The summed E-state index contributed by atoms with van der Waals surface area (Å²) in [5, 5.41) is 3.55. The summed E-state index contributed by atoms with van der Waals surface area (Å²) in [7, 11) is 0. The molecule has 1 N–H and O–H groups in total. The fourth-order valence-electron chi connectivity index (χ4n) is 2.57. The van der Waals surface area contributed by atoms with Gasteiger partial charge in [0.2, 0.25) is 0 Å². The van der Waals surface area contributed by atoms with Gasteiger partial charge in [-0.1, -0.05) is 37.3 Å². The second kappa shape index (κ2) is 8.63. The maximum absolute atomic E-state index is 6.08. The molecular formula is C16H25ClN2O. The van der Waals surface area contributed by atoms with E-state index in [0.717, 1.165) is 39.2 Å². The van der Waals surface area contributed by atoms with E-state index in [9.17, 15) is 0 Å². The third-order valence-corrected chi connectivity index (χ3v) is 4.19. The summed E-state index contributed by atoms with van der Waals surface area (Å²) >= 11 is 6.08. The van der Waals surface area contributed by atoms with Crippen LogP contribution in [0.15, 0.2) is 30.3 Å². The SMILES string of the molecule is CCN1CCOC(CNC(CCl)Cc2ccccc2)C1. The standard InChI is InChI=1S/C16H25ClN2O/c1-2-19-8-9-20-16(13-19)12-18-15(11-17)10-14-6-4-3-5-7-14/h3-7,15-16,18H,2,8-13H2,1H3. The van der Waals surface area contributed by atoms with Crippen molar-refractivity contribution in [3.05, 3.63) is 35.9 Å². The minimum absolute atomic E-state index is 0.283. The zero-order valence-electron chi connectivity index (χ0n) is 12.2. The molecule has 0 aromatic heterocycles. The highest BCUT2D eigenvalue weighted by Crippen LogP contribution is 2.07. The lowest BCUT2D eigenvalue weighted by Gasteiger charge is -2.33. The van der Waals surface area contributed by atoms with Crippen molar-refractivity contribution in [3.8, 4) is 0 Å². The Morgan fingerprint density at radius 3 is 2.90 bits per heavy atom. The average molecular weight is 297 g/mol. The summed E-state index contributed by atoms with van der Waals surface area (Å²) in [6, 6.07) is 10.8. The smallest absolute Gasteiger partial charge is 0.0826 e. The van der Waals surface area contributed by atoms with E-state index in [2.05, 4.69) is 41.4 Å². The van der Waals surface area contributed by atoms with Crippen molar-refractivity contribution in [2.75, 3.05) is 38.7 Å². The maximum Gasteiger partial charge on any atom is 0.0826 e. The summed E-state index contributed by atoms with van der Waals surface area (Å²) in [5.41, 5.74) is 1.32. The minimum Gasteiger partial charge on any atom is -0.374 e. The number of hydrogen-bond acceptors (Lipinski definition) is 3. The first-order chi connectivity index (χ1) is 9.81. The molecule has 4 heteroatoms. The molecular weight excluding hydrogens is 272 g/mol. The molecule has 2 rings (SSSR count). The predicted molar refractivity (Wildman–Crippen MR) is 84.5 cm³/mol. The number of hydrogen-bond donors (Lipinski definition) is 1. The van der Waals surface area contributed by atoms with E-state index in [1.54, 1.807) is 0 Å². The lowest BCUT2D eigenvalue weighted by Crippen LogP contribution is -2.48. The van der Waals surface area contributed by atoms with Crippen LogP contribution in [0.4, 0.5) is 0 Å². The highest BCUT2D eigenvalue weighted by Gasteiger charge is 2.20. The zero-order valence-corrected chi connectivity index (χ0v) is 13.0. The Bertz CT molecular complexity index is 374. The van der Waals surface area contributed by atoms with E-state index >= 15 is 0 Å². The van der Waals surface area contributed by atoms with Crippen LogP contribution in [0.2, 0.25) is 0 Å². The molecule has 112 valence electrons. The molecule has 2 unspecified atom stereocenters. The van der Waals surface area contributed by atoms with Gasteiger partial charge in [-0.15, -0.1) is 11.6 Å². The Balaban J connectivity index is 1.76. The Labute approximate surface area is 127 Å². The van der Waals surface area contributed by atoms with Crippen molar-refractivity contribution in [1.82, 2.24) is 10.2 Å². The molecule has 20 heavy (non-hydrogen) atoms. The number of alkyl halides is 1. The lowest BCUT2D eigenvalue weighted by atomic mass is 10.1. The van der Waals surface area contributed by atoms with Gasteiger partial charge in [0.15, 0.2) is 0 Å². The van der Waals surface area contributed by atoms with Crippen LogP contribution in [0.25, 0.3) is 0 Å². The quantitative estimate of drug-likeness (QED) is 0.780. The normalized spacial score (nSPS) is 21.8. The highest BCUT2D eigenvalue weighted by atomic mass is 35.5. The molecule has 0 saturated carbocycles. The van der Waals surface area contributed by atoms with Gasteiger partial charge in [0.05, 0.1) is 12.7 Å². The van der Waals surface area contributed by atoms with Crippen LogP contribution in [0.5, 0.6) is 0 Å². The monoisotopic (exact) mass is 296 g/mol. The molecule has 1 aliphatic rings. The predicted octanol–water partition coefficient (Wildman–Crippen LogP) is 2.15. The number of halogens is 1. The minimum atomic E-state index is 0.283. The summed E-state index contributed by atoms with van der Waals surface area (Å²) in [4.78, 5) is 2.43. The molecule has 0 amide bonds.